The molecular weight excluding hydrogens is 781 g/mol. The van der Waals surface area contributed by atoms with Gasteiger partial charge in [-0.25, -0.2) is 19.2 Å². The third-order valence-corrected chi connectivity index (χ3v) is 18.2. The summed E-state index contributed by atoms with van der Waals surface area (Å²) in [5, 5.41) is 0. The average Bonchev–Trinajstić information content (AvgIpc) is 3.88. The molecule has 9 unspecified atom stereocenters. The van der Waals surface area contributed by atoms with E-state index >= 15 is 0 Å². The minimum absolute atomic E-state index is 0.162. The number of carbonyl (C=O) groups is 4. The first-order valence-corrected chi connectivity index (χ1v) is 24.2. The molecule has 10 rings (SSSR count). The molecule has 0 N–H and O–H groups in total. The lowest BCUT2D eigenvalue weighted by molar-refractivity contribution is -0.122. The maximum absolute atomic E-state index is 12.5. The van der Waals surface area contributed by atoms with Gasteiger partial charge >= 0.3 is 23.9 Å². The van der Waals surface area contributed by atoms with Crippen LogP contribution in [0, 0.1) is 52.3 Å². The molecular formula is C57H64O6. The number of hydrogen-bond donors (Lipinski definition) is 0. The molecule has 4 saturated carbocycles. The Labute approximate surface area is 373 Å². The quantitative estimate of drug-likeness (QED) is 0.110. The zero-order chi connectivity index (χ0) is 43.8. The maximum Gasteiger partial charge on any atom is 0.346 e. The summed E-state index contributed by atoms with van der Waals surface area (Å²) in [6.07, 6.45) is 17.1. The summed E-state index contributed by atoms with van der Waals surface area (Å²) in [7, 11) is 0. The fraction of sp³-hybridized carbons (Fsp3) is 0.509. The predicted octanol–water partition coefficient (Wildman–Crippen LogP) is 12.9. The van der Waals surface area contributed by atoms with Crippen LogP contribution >= 0.6 is 0 Å². The molecule has 6 aliphatic rings. The van der Waals surface area contributed by atoms with Gasteiger partial charge in [0, 0.05) is 5.41 Å². The van der Waals surface area contributed by atoms with E-state index in [1.54, 1.807) is 18.2 Å². The van der Waals surface area contributed by atoms with E-state index in [1.807, 2.05) is 18.2 Å². The van der Waals surface area contributed by atoms with Gasteiger partial charge in [-0.3, -0.25) is 0 Å². The molecule has 0 saturated heterocycles. The van der Waals surface area contributed by atoms with E-state index in [2.05, 4.69) is 83.1 Å². The molecule has 4 aliphatic carbocycles. The summed E-state index contributed by atoms with van der Waals surface area (Å²) in [6, 6.07) is 29.3. The molecule has 2 aliphatic heterocycles. The maximum atomic E-state index is 12.5. The van der Waals surface area contributed by atoms with E-state index in [9.17, 15) is 19.2 Å². The van der Waals surface area contributed by atoms with Gasteiger partial charge < -0.3 is 9.47 Å². The second-order valence-corrected chi connectivity index (χ2v) is 21.8. The van der Waals surface area contributed by atoms with Gasteiger partial charge in [0.2, 0.25) is 0 Å². The fourth-order valence-electron chi connectivity index (χ4n) is 14.9. The smallest absolute Gasteiger partial charge is 0.346 e. The Morgan fingerprint density at radius 2 is 1.16 bits per heavy atom. The van der Waals surface area contributed by atoms with Crippen molar-refractivity contribution in [3.05, 3.63) is 141 Å². The van der Waals surface area contributed by atoms with Crippen LogP contribution in [0.5, 0.6) is 0 Å². The van der Waals surface area contributed by atoms with Crippen molar-refractivity contribution in [3.8, 4) is 0 Å². The number of rotatable bonds is 11. The molecule has 0 radical (unpaired) electrons. The molecule has 63 heavy (non-hydrogen) atoms. The third-order valence-electron chi connectivity index (χ3n) is 18.2. The van der Waals surface area contributed by atoms with E-state index < -0.39 is 23.9 Å². The molecule has 4 aromatic rings. The number of fused-ring (bicyclic) bond motifs is 7. The van der Waals surface area contributed by atoms with Crippen LogP contribution in [0.15, 0.2) is 84.9 Å². The monoisotopic (exact) mass is 844 g/mol. The summed E-state index contributed by atoms with van der Waals surface area (Å²) >= 11 is 0. The standard InChI is InChI=1S/C57H64O6/c1-34(2)8-6-9-35(3)48-22-23-49-45-21-18-42-33-57(27-26-55(42,4)50(45)24-25-56(48,49)5,40-16-12-36(13-17-40)28-38-14-19-43-46(31-38)53(60)62-51(43)58)41-11-7-10-37(30-41)29-39-15-20-44-47(32-39)54(61)63-52(44)59/h7,10-17,19-20,30-32,34-35,42,45,48-50H,6,8-9,18,21-29,33H2,1-5H3. The van der Waals surface area contributed by atoms with Crippen molar-refractivity contribution in [2.45, 2.75) is 130 Å². The molecule has 6 nitrogen and oxygen atoms in total. The van der Waals surface area contributed by atoms with Crippen LogP contribution in [0.1, 0.15) is 186 Å². The number of carbonyl (C=O) groups excluding carboxylic acids is 4. The van der Waals surface area contributed by atoms with Crippen molar-refractivity contribution in [3.63, 3.8) is 0 Å². The summed E-state index contributed by atoms with van der Waals surface area (Å²) in [6.45, 7) is 12.7. The van der Waals surface area contributed by atoms with Crippen molar-refractivity contribution < 1.29 is 28.7 Å². The lowest BCUT2D eigenvalue weighted by Crippen LogP contribution is -2.55. The molecule has 0 amide bonds. The third kappa shape index (κ3) is 7.22. The Balaban J connectivity index is 0.938. The zero-order valence-corrected chi connectivity index (χ0v) is 38.0. The Hall–Kier alpha value is -4.84. The Morgan fingerprint density at radius 1 is 0.556 bits per heavy atom. The van der Waals surface area contributed by atoms with Gasteiger partial charge in [0.05, 0.1) is 22.3 Å². The lowest BCUT2D eigenvalue weighted by Gasteiger charge is -2.63. The highest BCUT2D eigenvalue weighted by atomic mass is 16.6. The first-order valence-electron chi connectivity index (χ1n) is 24.2. The van der Waals surface area contributed by atoms with Crippen LogP contribution in [0.2, 0.25) is 0 Å². The lowest BCUT2D eigenvalue weighted by atomic mass is 9.42. The van der Waals surface area contributed by atoms with Crippen LogP contribution in [-0.2, 0) is 27.7 Å². The predicted molar refractivity (Wildman–Crippen MR) is 245 cm³/mol. The number of benzene rings is 4. The van der Waals surface area contributed by atoms with Gasteiger partial charge in [-0.05, 0) is 181 Å². The van der Waals surface area contributed by atoms with Crippen LogP contribution in [0.3, 0.4) is 0 Å². The highest BCUT2D eigenvalue weighted by Gasteiger charge is 2.62. The van der Waals surface area contributed by atoms with E-state index in [-0.39, 0.29) is 5.41 Å². The number of cyclic esters (lactones) is 4. The van der Waals surface area contributed by atoms with Crippen molar-refractivity contribution in [1.29, 1.82) is 0 Å². The molecule has 0 bridgehead atoms. The van der Waals surface area contributed by atoms with Gasteiger partial charge in [0.25, 0.3) is 0 Å². The van der Waals surface area contributed by atoms with Gasteiger partial charge in [-0.2, -0.15) is 0 Å². The summed E-state index contributed by atoms with van der Waals surface area (Å²) in [4.78, 5) is 49.1. The van der Waals surface area contributed by atoms with Crippen LogP contribution < -0.4 is 0 Å². The van der Waals surface area contributed by atoms with Crippen molar-refractivity contribution >= 4 is 23.9 Å². The van der Waals surface area contributed by atoms with Crippen LogP contribution in [0.25, 0.3) is 0 Å². The topological polar surface area (TPSA) is 86.7 Å². The molecule has 0 spiro atoms. The van der Waals surface area contributed by atoms with Gasteiger partial charge in [0.15, 0.2) is 0 Å². The number of hydrogen-bond acceptors (Lipinski definition) is 6. The second-order valence-electron chi connectivity index (χ2n) is 21.8. The first-order chi connectivity index (χ1) is 30.3. The molecule has 0 aromatic heterocycles. The molecule has 9 atom stereocenters. The highest BCUT2D eigenvalue weighted by molar-refractivity contribution is 6.15. The highest BCUT2D eigenvalue weighted by Crippen LogP contribution is 2.70. The van der Waals surface area contributed by atoms with Gasteiger partial charge in [-0.15, -0.1) is 0 Å². The summed E-state index contributed by atoms with van der Waals surface area (Å²) in [5.41, 5.74) is 9.05. The normalized spacial score (nSPS) is 31.2. The molecule has 4 fully saturated rings. The van der Waals surface area contributed by atoms with Gasteiger partial charge in [0.1, 0.15) is 0 Å². The average molecular weight is 845 g/mol. The minimum Gasteiger partial charge on any atom is -0.386 e. The SMILES string of the molecule is CC(C)CCCC(C)C1CCC2C3CCC4CC(c5ccc(Cc6ccc7c(c6)C(=O)OC7=O)cc5)(c5cccc(Cc6ccc7c(c6)C(=O)OC7=O)c5)CCC4(C)C3CCC12C. The van der Waals surface area contributed by atoms with Crippen LogP contribution in [-0.4, -0.2) is 23.9 Å². The summed E-state index contributed by atoms with van der Waals surface area (Å²) < 4.78 is 9.76. The Kier molecular flexibility index (Phi) is 10.7. The van der Waals surface area contributed by atoms with Gasteiger partial charge in [-0.1, -0.05) is 115 Å². The van der Waals surface area contributed by atoms with Crippen molar-refractivity contribution in [2.24, 2.45) is 52.3 Å². The zero-order valence-electron chi connectivity index (χ0n) is 38.0. The molecule has 4 aromatic carbocycles. The first kappa shape index (κ1) is 42.1. The van der Waals surface area contributed by atoms with E-state index in [1.165, 1.54) is 80.9 Å². The Morgan fingerprint density at radius 3 is 1.83 bits per heavy atom. The van der Waals surface area contributed by atoms with E-state index in [0.717, 1.165) is 65.0 Å². The number of ether oxygens (including phenoxy) is 2. The fourth-order valence-corrected chi connectivity index (χ4v) is 14.9. The van der Waals surface area contributed by atoms with E-state index in [0.29, 0.717) is 51.8 Å². The molecule has 2 heterocycles. The largest absolute Gasteiger partial charge is 0.386 e. The molecule has 6 heteroatoms. The molecule has 328 valence electrons. The second kappa shape index (κ2) is 16.0. The minimum atomic E-state index is -0.572. The van der Waals surface area contributed by atoms with E-state index in [4.69, 9.17) is 9.47 Å². The summed E-state index contributed by atoms with van der Waals surface area (Å²) in [5.74, 6) is 3.32. The van der Waals surface area contributed by atoms with Crippen LogP contribution in [0.4, 0.5) is 0 Å². The van der Waals surface area contributed by atoms with Crippen molar-refractivity contribution in [2.75, 3.05) is 0 Å². The Bertz CT molecular complexity index is 2480. The number of esters is 4. The van der Waals surface area contributed by atoms with Crippen molar-refractivity contribution in [1.82, 2.24) is 0 Å².